The van der Waals surface area contributed by atoms with Crippen LogP contribution in [0.25, 0.3) is 22.3 Å². The molecule has 3 nitrogen and oxygen atoms in total. The van der Waals surface area contributed by atoms with Gasteiger partial charge in [-0.1, -0.05) is 0 Å². The Morgan fingerprint density at radius 2 is 2.31 bits per heavy atom. The molecule has 0 fully saturated rings. The van der Waals surface area contributed by atoms with Crippen molar-refractivity contribution in [2.75, 3.05) is 0 Å². The van der Waals surface area contributed by atoms with Crippen molar-refractivity contribution in [2.24, 2.45) is 0 Å². The standard InChI is InChI=1S/C12H9BrN2O/c1-7-10-4-9(13)5-14-12(10)15-11(7)8-2-3-16-6-8/h2-6H,1H3,(H,14,15). The third-order valence-corrected chi connectivity index (χ3v) is 3.12. The van der Waals surface area contributed by atoms with Gasteiger partial charge in [0.05, 0.1) is 18.2 Å². The molecule has 16 heavy (non-hydrogen) atoms. The monoisotopic (exact) mass is 276 g/mol. The number of nitrogens with zero attached hydrogens (tertiary/aromatic N) is 1. The van der Waals surface area contributed by atoms with Crippen molar-refractivity contribution in [3.63, 3.8) is 0 Å². The number of hydrogen-bond acceptors (Lipinski definition) is 2. The smallest absolute Gasteiger partial charge is 0.138 e. The first-order valence-corrected chi connectivity index (χ1v) is 5.71. The molecule has 0 aliphatic rings. The maximum absolute atomic E-state index is 5.09. The van der Waals surface area contributed by atoms with Crippen LogP contribution in [-0.4, -0.2) is 9.97 Å². The van der Waals surface area contributed by atoms with E-state index in [2.05, 4.69) is 38.9 Å². The maximum atomic E-state index is 5.09. The van der Waals surface area contributed by atoms with Crippen molar-refractivity contribution >= 4 is 27.0 Å². The highest BCUT2D eigenvalue weighted by Gasteiger charge is 2.11. The molecule has 80 valence electrons. The molecule has 4 heteroatoms. The fourth-order valence-corrected chi connectivity index (χ4v) is 2.20. The predicted octanol–water partition coefficient (Wildman–Crippen LogP) is 3.89. The van der Waals surface area contributed by atoms with Gasteiger partial charge in [-0.05, 0) is 40.5 Å². The van der Waals surface area contributed by atoms with Crippen LogP contribution in [0.3, 0.4) is 0 Å². The van der Waals surface area contributed by atoms with Crippen LogP contribution in [0.2, 0.25) is 0 Å². The Morgan fingerprint density at radius 1 is 1.44 bits per heavy atom. The molecular formula is C12H9BrN2O. The Bertz CT molecular complexity index is 640. The second-order valence-corrected chi connectivity index (χ2v) is 4.60. The van der Waals surface area contributed by atoms with E-state index in [0.717, 1.165) is 26.8 Å². The summed E-state index contributed by atoms with van der Waals surface area (Å²) in [6.07, 6.45) is 5.19. The second-order valence-electron chi connectivity index (χ2n) is 3.69. The molecule has 0 atom stereocenters. The number of H-pyrrole nitrogens is 1. The molecule has 3 rings (SSSR count). The van der Waals surface area contributed by atoms with E-state index < -0.39 is 0 Å². The van der Waals surface area contributed by atoms with Gasteiger partial charge in [-0.3, -0.25) is 0 Å². The quantitative estimate of drug-likeness (QED) is 0.733. The molecule has 0 saturated carbocycles. The molecular weight excluding hydrogens is 268 g/mol. The van der Waals surface area contributed by atoms with E-state index in [4.69, 9.17) is 4.42 Å². The van der Waals surface area contributed by atoms with Gasteiger partial charge >= 0.3 is 0 Å². The lowest BCUT2D eigenvalue weighted by atomic mass is 10.1. The summed E-state index contributed by atoms with van der Waals surface area (Å²) < 4.78 is 6.08. The molecule has 1 N–H and O–H groups in total. The summed E-state index contributed by atoms with van der Waals surface area (Å²) >= 11 is 3.43. The van der Waals surface area contributed by atoms with Crippen LogP contribution in [-0.2, 0) is 0 Å². The zero-order valence-electron chi connectivity index (χ0n) is 8.62. The number of aryl methyl sites for hydroxylation is 1. The van der Waals surface area contributed by atoms with Crippen LogP contribution in [0, 0.1) is 6.92 Å². The van der Waals surface area contributed by atoms with Crippen molar-refractivity contribution < 1.29 is 4.42 Å². The molecule has 0 saturated heterocycles. The summed E-state index contributed by atoms with van der Waals surface area (Å²) in [4.78, 5) is 7.64. The van der Waals surface area contributed by atoms with E-state index >= 15 is 0 Å². The largest absolute Gasteiger partial charge is 0.472 e. The summed E-state index contributed by atoms with van der Waals surface area (Å²) in [7, 11) is 0. The average Bonchev–Trinajstić information content (AvgIpc) is 2.87. The number of halogens is 1. The number of fused-ring (bicyclic) bond motifs is 1. The highest BCUT2D eigenvalue weighted by atomic mass is 79.9. The summed E-state index contributed by atoms with van der Waals surface area (Å²) in [5.41, 5.74) is 4.20. The highest BCUT2D eigenvalue weighted by Crippen LogP contribution is 2.30. The fourth-order valence-electron chi connectivity index (χ4n) is 1.87. The normalized spacial score (nSPS) is 11.1. The molecule has 3 heterocycles. The van der Waals surface area contributed by atoms with E-state index in [9.17, 15) is 0 Å². The molecule has 3 aromatic rings. The number of rotatable bonds is 1. The van der Waals surface area contributed by atoms with Crippen LogP contribution in [0.15, 0.2) is 39.7 Å². The van der Waals surface area contributed by atoms with Crippen LogP contribution >= 0.6 is 15.9 Å². The SMILES string of the molecule is Cc1c(-c2ccoc2)[nH]c2ncc(Br)cc12. The van der Waals surface area contributed by atoms with Crippen LogP contribution in [0.5, 0.6) is 0 Å². The molecule has 0 aromatic carbocycles. The minimum Gasteiger partial charge on any atom is -0.472 e. The first-order chi connectivity index (χ1) is 7.75. The number of hydrogen-bond donors (Lipinski definition) is 1. The Kier molecular flexibility index (Phi) is 2.11. The predicted molar refractivity (Wildman–Crippen MR) is 66.2 cm³/mol. The Hall–Kier alpha value is -1.55. The van der Waals surface area contributed by atoms with Crippen molar-refractivity contribution in [1.82, 2.24) is 9.97 Å². The minimum absolute atomic E-state index is 0.900. The fraction of sp³-hybridized carbons (Fsp3) is 0.0833. The van der Waals surface area contributed by atoms with Gasteiger partial charge in [0, 0.05) is 21.6 Å². The molecule has 0 amide bonds. The lowest BCUT2D eigenvalue weighted by molar-refractivity contribution is 0.568. The Balaban J connectivity index is 2.32. The van der Waals surface area contributed by atoms with Gasteiger partial charge in [0.25, 0.3) is 0 Å². The summed E-state index contributed by atoms with van der Waals surface area (Å²) in [6.45, 7) is 2.08. The average molecular weight is 277 g/mol. The Morgan fingerprint density at radius 3 is 3.06 bits per heavy atom. The van der Waals surface area contributed by atoms with E-state index in [1.165, 1.54) is 5.56 Å². The van der Waals surface area contributed by atoms with Crippen molar-refractivity contribution in [2.45, 2.75) is 6.92 Å². The first kappa shape index (κ1) is 9.66. The van der Waals surface area contributed by atoms with Crippen LogP contribution < -0.4 is 0 Å². The lowest BCUT2D eigenvalue weighted by Gasteiger charge is -1.93. The maximum Gasteiger partial charge on any atom is 0.138 e. The number of nitrogens with one attached hydrogen (secondary N) is 1. The zero-order valence-corrected chi connectivity index (χ0v) is 10.2. The van der Waals surface area contributed by atoms with Crippen molar-refractivity contribution in [3.8, 4) is 11.3 Å². The molecule has 0 bridgehead atoms. The summed E-state index contributed by atoms with van der Waals surface area (Å²) in [5, 5.41) is 1.13. The van der Waals surface area contributed by atoms with Crippen LogP contribution in [0.1, 0.15) is 5.56 Å². The first-order valence-electron chi connectivity index (χ1n) is 4.92. The zero-order chi connectivity index (χ0) is 11.1. The lowest BCUT2D eigenvalue weighted by Crippen LogP contribution is -1.75. The van der Waals surface area contributed by atoms with Crippen LogP contribution in [0.4, 0.5) is 0 Å². The molecule has 0 unspecified atom stereocenters. The second kappa shape index (κ2) is 3.49. The highest BCUT2D eigenvalue weighted by molar-refractivity contribution is 9.10. The van der Waals surface area contributed by atoms with Gasteiger partial charge in [0.15, 0.2) is 0 Å². The van der Waals surface area contributed by atoms with Crippen molar-refractivity contribution in [3.05, 3.63) is 40.9 Å². The minimum atomic E-state index is 0.900. The third kappa shape index (κ3) is 1.38. The van der Waals surface area contributed by atoms with Gasteiger partial charge in [0.1, 0.15) is 5.65 Å². The third-order valence-electron chi connectivity index (χ3n) is 2.69. The number of pyridine rings is 1. The summed E-state index contributed by atoms with van der Waals surface area (Å²) in [6, 6.07) is 4.00. The molecule has 0 aliphatic heterocycles. The van der Waals surface area contributed by atoms with E-state index in [1.54, 1.807) is 18.7 Å². The van der Waals surface area contributed by atoms with Gasteiger partial charge < -0.3 is 9.40 Å². The van der Waals surface area contributed by atoms with E-state index in [-0.39, 0.29) is 0 Å². The molecule has 3 aromatic heterocycles. The Labute approximate surface area is 101 Å². The van der Waals surface area contributed by atoms with E-state index in [0.29, 0.717) is 0 Å². The molecule has 0 radical (unpaired) electrons. The molecule has 0 aliphatic carbocycles. The molecule has 0 spiro atoms. The number of aromatic amines is 1. The van der Waals surface area contributed by atoms with E-state index in [1.807, 2.05) is 6.07 Å². The topological polar surface area (TPSA) is 41.8 Å². The van der Waals surface area contributed by atoms with Gasteiger partial charge in [-0.2, -0.15) is 0 Å². The number of aromatic nitrogens is 2. The van der Waals surface area contributed by atoms with Gasteiger partial charge in [-0.25, -0.2) is 4.98 Å². The number of furan rings is 1. The van der Waals surface area contributed by atoms with Gasteiger partial charge in [-0.15, -0.1) is 0 Å². The van der Waals surface area contributed by atoms with Gasteiger partial charge in [0.2, 0.25) is 0 Å². The van der Waals surface area contributed by atoms with Crippen molar-refractivity contribution in [1.29, 1.82) is 0 Å². The summed E-state index contributed by atoms with van der Waals surface area (Å²) in [5.74, 6) is 0.